The van der Waals surface area contributed by atoms with Gasteiger partial charge in [-0.25, -0.2) is 4.79 Å². The van der Waals surface area contributed by atoms with Crippen molar-refractivity contribution in [2.75, 3.05) is 6.61 Å². The van der Waals surface area contributed by atoms with Gasteiger partial charge in [-0.15, -0.1) is 6.58 Å². The number of nitrogens with one attached hydrogen (secondary N) is 1. The summed E-state index contributed by atoms with van der Waals surface area (Å²) < 4.78 is 14.0. The predicted octanol–water partition coefficient (Wildman–Crippen LogP) is 2.15. The molecule has 0 saturated carbocycles. The van der Waals surface area contributed by atoms with Crippen molar-refractivity contribution >= 4 is 8.32 Å². The number of aliphatic hydroxyl groups is 1. The lowest BCUT2D eigenvalue weighted by atomic mass is 9.94. The van der Waals surface area contributed by atoms with Gasteiger partial charge in [-0.05, 0) is 24.6 Å². The van der Waals surface area contributed by atoms with E-state index in [-0.39, 0.29) is 17.7 Å². The van der Waals surface area contributed by atoms with Crippen LogP contribution in [-0.4, -0.2) is 41.3 Å². The lowest BCUT2D eigenvalue weighted by Crippen LogP contribution is -2.52. The summed E-state index contributed by atoms with van der Waals surface area (Å²) in [6, 6.07) is 1.28. The van der Waals surface area contributed by atoms with Crippen LogP contribution >= 0.6 is 0 Å². The summed E-state index contributed by atoms with van der Waals surface area (Å²) >= 11 is 0. The highest BCUT2D eigenvalue weighted by molar-refractivity contribution is 6.74. The largest absolute Gasteiger partial charge is 0.411 e. The Bertz CT molecular complexity index is 764. The van der Waals surface area contributed by atoms with E-state index in [0.717, 1.165) is 0 Å². The van der Waals surface area contributed by atoms with E-state index in [4.69, 9.17) is 9.16 Å². The Balaban J connectivity index is 2.40. The molecule has 0 radical (unpaired) electrons. The summed E-state index contributed by atoms with van der Waals surface area (Å²) in [4.78, 5) is 25.7. The SMILES string of the molecule is C=CCC1(CO)O[C@@H](n2ccc(=O)[nH]c2=O)CC1O[Si](C)(C)C(C)(C)C. The van der Waals surface area contributed by atoms with Gasteiger partial charge in [0.1, 0.15) is 11.8 Å². The van der Waals surface area contributed by atoms with Crippen LogP contribution in [0.25, 0.3) is 0 Å². The number of hydrogen-bond acceptors (Lipinski definition) is 5. The van der Waals surface area contributed by atoms with Crippen molar-refractivity contribution in [3.8, 4) is 0 Å². The van der Waals surface area contributed by atoms with Crippen LogP contribution in [0.3, 0.4) is 0 Å². The molecule has 146 valence electrons. The number of hydrogen-bond donors (Lipinski definition) is 2. The van der Waals surface area contributed by atoms with Gasteiger partial charge in [-0.1, -0.05) is 26.8 Å². The number of aromatic amines is 1. The third-order valence-electron chi connectivity index (χ3n) is 5.54. The molecule has 1 aliphatic heterocycles. The molecule has 1 saturated heterocycles. The minimum Gasteiger partial charge on any atom is -0.411 e. The quantitative estimate of drug-likeness (QED) is 0.581. The Labute approximate surface area is 154 Å². The van der Waals surface area contributed by atoms with Crippen molar-refractivity contribution in [2.45, 2.75) is 69.7 Å². The van der Waals surface area contributed by atoms with E-state index in [1.165, 1.54) is 16.8 Å². The van der Waals surface area contributed by atoms with Crippen molar-refractivity contribution in [2.24, 2.45) is 0 Å². The first-order valence-electron chi connectivity index (χ1n) is 8.84. The fraction of sp³-hybridized carbons (Fsp3) is 0.667. The summed E-state index contributed by atoms with van der Waals surface area (Å²) in [7, 11) is -2.13. The van der Waals surface area contributed by atoms with E-state index in [1.807, 2.05) is 0 Å². The van der Waals surface area contributed by atoms with Gasteiger partial charge in [-0.3, -0.25) is 14.3 Å². The Kier molecular flexibility index (Phi) is 5.82. The van der Waals surface area contributed by atoms with Gasteiger partial charge >= 0.3 is 5.69 Å². The minimum absolute atomic E-state index is 0.00468. The molecule has 2 unspecified atom stereocenters. The van der Waals surface area contributed by atoms with E-state index < -0.39 is 31.4 Å². The lowest BCUT2D eigenvalue weighted by molar-refractivity contribution is -0.123. The van der Waals surface area contributed by atoms with Gasteiger partial charge in [0.25, 0.3) is 5.56 Å². The first-order chi connectivity index (χ1) is 12.0. The van der Waals surface area contributed by atoms with Crippen LogP contribution in [-0.2, 0) is 9.16 Å². The number of aromatic nitrogens is 2. The molecule has 2 heterocycles. The van der Waals surface area contributed by atoms with Crippen molar-refractivity contribution in [3.05, 3.63) is 45.8 Å². The molecule has 1 aliphatic rings. The third kappa shape index (κ3) is 3.93. The van der Waals surface area contributed by atoms with E-state index in [1.54, 1.807) is 6.08 Å². The van der Waals surface area contributed by atoms with Crippen molar-refractivity contribution in [1.29, 1.82) is 0 Å². The van der Waals surface area contributed by atoms with Gasteiger partial charge in [0.15, 0.2) is 8.32 Å². The number of aliphatic hydroxyl groups excluding tert-OH is 1. The van der Waals surface area contributed by atoms with Crippen molar-refractivity contribution in [3.63, 3.8) is 0 Å². The van der Waals surface area contributed by atoms with Crippen LogP contribution in [0.1, 0.15) is 39.8 Å². The molecule has 1 fully saturated rings. The molecule has 3 atom stereocenters. The maximum absolute atomic E-state index is 12.1. The molecule has 0 bridgehead atoms. The summed E-state index contributed by atoms with van der Waals surface area (Å²) in [5.74, 6) is 0. The maximum Gasteiger partial charge on any atom is 0.330 e. The van der Waals surface area contributed by atoms with Crippen LogP contribution in [0.4, 0.5) is 0 Å². The topological polar surface area (TPSA) is 93.5 Å². The van der Waals surface area contributed by atoms with Crippen LogP contribution in [0.2, 0.25) is 18.1 Å². The fourth-order valence-corrected chi connectivity index (χ4v) is 4.31. The normalized spacial score (nSPS) is 26.8. The Hall–Kier alpha value is -1.48. The highest BCUT2D eigenvalue weighted by atomic mass is 28.4. The molecule has 0 aromatic carbocycles. The summed E-state index contributed by atoms with van der Waals surface area (Å²) in [5, 5.41) is 10.1. The van der Waals surface area contributed by atoms with Crippen LogP contribution in [0.5, 0.6) is 0 Å². The summed E-state index contributed by atoms with van der Waals surface area (Å²) in [5.41, 5.74) is -1.96. The maximum atomic E-state index is 12.1. The van der Waals surface area contributed by atoms with E-state index in [0.29, 0.717) is 12.8 Å². The van der Waals surface area contributed by atoms with Crippen LogP contribution in [0.15, 0.2) is 34.5 Å². The molecule has 8 heteroatoms. The van der Waals surface area contributed by atoms with Gasteiger partial charge in [0, 0.05) is 18.7 Å². The molecular weight excluding hydrogens is 352 g/mol. The zero-order valence-electron chi connectivity index (χ0n) is 16.2. The van der Waals surface area contributed by atoms with E-state index in [9.17, 15) is 14.7 Å². The van der Waals surface area contributed by atoms with Crippen molar-refractivity contribution in [1.82, 2.24) is 9.55 Å². The first kappa shape index (κ1) is 20.8. The molecule has 0 amide bonds. The molecule has 26 heavy (non-hydrogen) atoms. The molecule has 2 N–H and O–H groups in total. The molecule has 1 aromatic rings. The standard InChI is InChI=1S/C18H30N2O5Si/c1-7-9-18(12-21)13(25-26(5,6)17(2,3)4)11-15(24-18)20-10-8-14(22)19-16(20)23/h7-8,10,13,15,21H,1,9,11-12H2,2-6H3,(H,19,22,23)/t13?,15-,18?/m1/s1. The van der Waals surface area contributed by atoms with Gasteiger partial charge in [-0.2, -0.15) is 0 Å². The lowest BCUT2D eigenvalue weighted by Gasteiger charge is -2.42. The number of nitrogens with zero attached hydrogens (tertiary/aromatic N) is 1. The second kappa shape index (κ2) is 7.26. The fourth-order valence-electron chi connectivity index (χ4n) is 2.93. The number of rotatable bonds is 6. The monoisotopic (exact) mass is 382 g/mol. The highest BCUT2D eigenvalue weighted by Crippen LogP contribution is 2.45. The zero-order valence-corrected chi connectivity index (χ0v) is 17.2. The highest BCUT2D eigenvalue weighted by Gasteiger charge is 2.52. The summed E-state index contributed by atoms with van der Waals surface area (Å²) in [6.07, 6.45) is 2.91. The van der Waals surface area contributed by atoms with Crippen molar-refractivity contribution < 1.29 is 14.3 Å². The molecule has 2 rings (SSSR count). The van der Waals surface area contributed by atoms with E-state index in [2.05, 4.69) is 45.4 Å². The molecular formula is C18H30N2O5Si. The second-order valence-electron chi connectivity index (χ2n) is 8.41. The van der Waals surface area contributed by atoms with E-state index >= 15 is 0 Å². The molecule has 0 spiro atoms. The number of ether oxygens (including phenoxy) is 1. The first-order valence-corrected chi connectivity index (χ1v) is 11.8. The molecule has 1 aromatic heterocycles. The van der Waals surface area contributed by atoms with Gasteiger partial charge in [0.2, 0.25) is 0 Å². The molecule has 7 nitrogen and oxygen atoms in total. The Morgan fingerprint density at radius 3 is 2.65 bits per heavy atom. The van der Waals surface area contributed by atoms with Crippen LogP contribution < -0.4 is 11.2 Å². The average molecular weight is 383 g/mol. The number of H-pyrrole nitrogens is 1. The molecule has 0 aliphatic carbocycles. The average Bonchev–Trinajstić information content (AvgIpc) is 2.84. The smallest absolute Gasteiger partial charge is 0.330 e. The predicted molar refractivity (Wildman–Crippen MR) is 103 cm³/mol. The zero-order chi connectivity index (χ0) is 19.8. The second-order valence-corrected chi connectivity index (χ2v) is 13.2. The Morgan fingerprint density at radius 2 is 2.15 bits per heavy atom. The minimum atomic E-state index is -2.13. The summed E-state index contributed by atoms with van der Waals surface area (Å²) in [6.45, 7) is 14.2. The van der Waals surface area contributed by atoms with Gasteiger partial charge < -0.3 is 14.3 Å². The van der Waals surface area contributed by atoms with Crippen LogP contribution in [0, 0.1) is 0 Å². The van der Waals surface area contributed by atoms with Gasteiger partial charge in [0.05, 0.1) is 12.7 Å². The third-order valence-corrected chi connectivity index (χ3v) is 10.0. The Morgan fingerprint density at radius 1 is 1.50 bits per heavy atom.